The number of nitro groups is 1. The van der Waals surface area contributed by atoms with Gasteiger partial charge >= 0.3 is 6.18 Å². The van der Waals surface area contributed by atoms with Gasteiger partial charge in [0.1, 0.15) is 0 Å². The Morgan fingerprint density at radius 2 is 1.74 bits per heavy atom. The Balaban J connectivity index is 1.55. The molecule has 0 spiro atoms. The summed E-state index contributed by atoms with van der Waals surface area (Å²) in [4.78, 5) is 11.5. The molecule has 1 N–H and O–H groups in total. The van der Waals surface area contributed by atoms with Crippen LogP contribution in [-0.4, -0.2) is 52.1 Å². The van der Waals surface area contributed by atoms with Crippen molar-refractivity contribution in [2.45, 2.75) is 36.9 Å². The molecule has 0 fully saturated rings. The van der Waals surface area contributed by atoms with E-state index in [-0.39, 0.29) is 12.6 Å². The van der Waals surface area contributed by atoms with E-state index in [4.69, 9.17) is 9.47 Å². The van der Waals surface area contributed by atoms with Crippen LogP contribution < -0.4 is 14.2 Å². The highest BCUT2D eigenvalue weighted by molar-refractivity contribution is 7.89. The molecule has 0 unspecified atom stereocenters. The first-order valence-corrected chi connectivity index (χ1v) is 12.3. The molecule has 0 amide bonds. The summed E-state index contributed by atoms with van der Waals surface area (Å²) in [7, 11) is -1.19. The van der Waals surface area contributed by atoms with Crippen LogP contribution in [0.2, 0.25) is 0 Å². The van der Waals surface area contributed by atoms with Gasteiger partial charge in [-0.3, -0.25) is 15.0 Å². The maximum absolute atomic E-state index is 12.9. The lowest BCUT2D eigenvalue weighted by molar-refractivity contribution is -0.388. The third-order valence-corrected chi connectivity index (χ3v) is 7.27. The standard InChI is InChI=1S/C22H26F3N3O6S/c1-33-19-11-15-7-10-27(14-16(15)12-20(19)34-2)9-4-3-8-26-35(31,32)21-6-5-17(22(23,24)25)13-18(21)28(29)30/h5-6,11-13,26H,3-4,7-10,14H2,1-2H3. The summed E-state index contributed by atoms with van der Waals surface area (Å²) < 4.78 is 76.5. The van der Waals surface area contributed by atoms with Crippen LogP contribution in [0, 0.1) is 10.1 Å². The smallest absolute Gasteiger partial charge is 0.416 e. The molecule has 3 rings (SSSR count). The Hall–Kier alpha value is -2.90. The van der Waals surface area contributed by atoms with Crippen LogP contribution >= 0.6 is 0 Å². The number of unbranched alkanes of at least 4 members (excludes halogenated alkanes) is 1. The lowest BCUT2D eigenvalue weighted by Gasteiger charge is -2.29. The number of nitrogens with one attached hydrogen (secondary N) is 1. The number of hydrogen-bond acceptors (Lipinski definition) is 7. The molecule has 2 aromatic rings. The molecular weight excluding hydrogens is 491 g/mol. The van der Waals surface area contributed by atoms with E-state index < -0.39 is 37.3 Å². The largest absolute Gasteiger partial charge is 0.493 e. The number of methoxy groups -OCH3 is 2. The summed E-state index contributed by atoms with van der Waals surface area (Å²) in [6.45, 7) is 2.23. The van der Waals surface area contributed by atoms with E-state index in [2.05, 4.69) is 9.62 Å². The normalized spacial score (nSPS) is 14.4. The number of nitrogens with zero attached hydrogens (tertiary/aromatic N) is 2. The molecular formula is C22H26F3N3O6S. The summed E-state index contributed by atoms with van der Waals surface area (Å²) in [6, 6.07) is 5.28. The first kappa shape index (κ1) is 26.7. The van der Waals surface area contributed by atoms with Crippen molar-refractivity contribution >= 4 is 15.7 Å². The van der Waals surface area contributed by atoms with Gasteiger partial charge in [0.2, 0.25) is 10.0 Å². The molecule has 192 valence electrons. The first-order chi connectivity index (χ1) is 16.5. The van der Waals surface area contributed by atoms with Crippen molar-refractivity contribution in [1.82, 2.24) is 9.62 Å². The molecule has 0 atom stereocenters. The van der Waals surface area contributed by atoms with Crippen LogP contribution in [-0.2, 0) is 29.2 Å². The summed E-state index contributed by atoms with van der Waals surface area (Å²) in [5, 5.41) is 11.2. The fourth-order valence-corrected chi connectivity index (χ4v) is 5.17. The summed E-state index contributed by atoms with van der Waals surface area (Å²) >= 11 is 0. The maximum Gasteiger partial charge on any atom is 0.416 e. The topological polar surface area (TPSA) is 111 Å². The number of nitro benzene ring substituents is 1. The van der Waals surface area contributed by atoms with Gasteiger partial charge in [0, 0.05) is 25.7 Å². The molecule has 2 aromatic carbocycles. The molecule has 0 radical (unpaired) electrons. The third kappa shape index (κ3) is 6.41. The lowest BCUT2D eigenvalue weighted by Crippen LogP contribution is -2.32. The molecule has 0 aliphatic carbocycles. The summed E-state index contributed by atoms with van der Waals surface area (Å²) in [5.74, 6) is 1.33. The Morgan fingerprint density at radius 1 is 1.09 bits per heavy atom. The van der Waals surface area contributed by atoms with Crippen molar-refractivity contribution in [3.05, 3.63) is 57.1 Å². The van der Waals surface area contributed by atoms with Crippen molar-refractivity contribution in [1.29, 1.82) is 0 Å². The van der Waals surface area contributed by atoms with Gasteiger partial charge in [-0.25, -0.2) is 13.1 Å². The SMILES string of the molecule is COc1cc2c(cc1OC)CN(CCCCNS(=O)(=O)c1ccc(C(F)(F)F)cc1[N+](=O)[O-])CC2. The molecule has 0 saturated heterocycles. The van der Waals surface area contributed by atoms with Gasteiger partial charge in [0.25, 0.3) is 5.69 Å². The fourth-order valence-electron chi connectivity index (χ4n) is 3.94. The van der Waals surface area contributed by atoms with Gasteiger partial charge in [0.15, 0.2) is 16.4 Å². The third-order valence-electron chi connectivity index (χ3n) is 5.76. The highest BCUT2D eigenvalue weighted by Gasteiger charge is 2.35. The number of benzene rings is 2. The first-order valence-electron chi connectivity index (χ1n) is 10.8. The predicted octanol–water partition coefficient (Wildman–Crippen LogP) is 3.75. The van der Waals surface area contributed by atoms with Crippen molar-refractivity contribution < 1.29 is 36.0 Å². The minimum absolute atomic E-state index is 0.00401. The second kappa shape index (κ2) is 10.8. The number of hydrogen-bond donors (Lipinski definition) is 1. The minimum atomic E-state index is -4.83. The van der Waals surface area contributed by atoms with Crippen molar-refractivity contribution in [3.8, 4) is 11.5 Å². The number of fused-ring (bicyclic) bond motifs is 1. The number of halogens is 3. The van der Waals surface area contributed by atoms with E-state index in [1.54, 1.807) is 14.2 Å². The van der Waals surface area contributed by atoms with Gasteiger partial charge < -0.3 is 9.47 Å². The number of ether oxygens (including phenoxy) is 2. The minimum Gasteiger partial charge on any atom is -0.493 e. The Labute approximate surface area is 201 Å². The number of rotatable bonds is 10. The molecule has 0 bridgehead atoms. The van der Waals surface area contributed by atoms with E-state index in [9.17, 15) is 31.7 Å². The van der Waals surface area contributed by atoms with Gasteiger partial charge in [-0.15, -0.1) is 0 Å². The van der Waals surface area contributed by atoms with Gasteiger partial charge in [0.05, 0.1) is 24.7 Å². The lowest BCUT2D eigenvalue weighted by atomic mass is 9.98. The van der Waals surface area contributed by atoms with Gasteiger partial charge in [-0.05, 0) is 61.2 Å². The maximum atomic E-state index is 12.9. The van der Waals surface area contributed by atoms with Crippen LogP contribution in [0.5, 0.6) is 11.5 Å². The van der Waals surface area contributed by atoms with E-state index in [1.807, 2.05) is 12.1 Å². The number of alkyl halides is 3. The quantitative estimate of drug-likeness (QED) is 0.290. The zero-order valence-electron chi connectivity index (χ0n) is 19.2. The Kier molecular flexibility index (Phi) is 8.23. The van der Waals surface area contributed by atoms with E-state index in [0.717, 1.165) is 18.5 Å². The highest BCUT2D eigenvalue weighted by atomic mass is 32.2. The molecule has 0 saturated carbocycles. The molecule has 1 aliphatic rings. The fraction of sp³-hybridized carbons (Fsp3) is 0.455. The molecule has 35 heavy (non-hydrogen) atoms. The zero-order chi connectivity index (χ0) is 25.8. The molecule has 13 heteroatoms. The van der Waals surface area contributed by atoms with E-state index in [0.29, 0.717) is 49.6 Å². The van der Waals surface area contributed by atoms with E-state index in [1.165, 1.54) is 5.56 Å². The summed E-state index contributed by atoms with van der Waals surface area (Å²) in [6.07, 6.45) is -2.89. The van der Waals surface area contributed by atoms with Crippen LogP contribution in [0.3, 0.4) is 0 Å². The predicted molar refractivity (Wildman–Crippen MR) is 121 cm³/mol. The van der Waals surface area contributed by atoms with Crippen molar-refractivity contribution in [2.75, 3.05) is 33.9 Å². The van der Waals surface area contributed by atoms with Gasteiger partial charge in [-0.1, -0.05) is 0 Å². The molecule has 1 aliphatic heterocycles. The second-order valence-electron chi connectivity index (χ2n) is 8.04. The molecule has 0 aromatic heterocycles. The number of sulfonamides is 1. The van der Waals surface area contributed by atoms with Crippen molar-refractivity contribution in [2.24, 2.45) is 0 Å². The Morgan fingerprint density at radius 3 is 2.34 bits per heavy atom. The van der Waals surface area contributed by atoms with Crippen LogP contribution in [0.25, 0.3) is 0 Å². The summed E-state index contributed by atoms with van der Waals surface area (Å²) in [5.41, 5.74) is -0.0947. The van der Waals surface area contributed by atoms with Crippen LogP contribution in [0.4, 0.5) is 18.9 Å². The van der Waals surface area contributed by atoms with Crippen molar-refractivity contribution in [3.63, 3.8) is 0 Å². The van der Waals surface area contributed by atoms with Crippen LogP contribution in [0.15, 0.2) is 35.2 Å². The average molecular weight is 518 g/mol. The van der Waals surface area contributed by atoms with Crippen LogP contribution in [0.1, 0.15) is 29.5 Å². The molecule has 9 nitrogen and oxygen atoms in total. The highest BCUT2D eigenvalue weighted by Crippen LogP contribution is 2.35. The monoisotopic (exact) mass is 517 g/mol. The zero-order valence-corrected chi connectivity index (χ0v) is 20.0. The molecule has 1 heterocycles. The average Bonchev–Trinajstić information content (AvgIpc) is 2.81. The van der Waals surface area contributed by atoms with Gasteiger partial charge in [-0.2, -0.15) is 13.2 Å². The second-order valence-corrected chi connectivity index (χ2v) is 9.78. The van der Waals surface area contributed by atoms with E-state index >= 15 is 0 Å². The Bertz CT molecular complexity index is 1190.